The molecule has 1 amide bonds. The van der Waals surface area contributed by atoms with Crippen molar-refractivity contribution in [3.05, 3.63) is 23.0 Å². The number of rotatable bonds is 8. The highest BCUT2D eigenvalue weighted by Gasteiger charge is 2.20. The molecule has 1 aromatic rings. The van der Waals surface area contributed by atoms with Crippen LogP contribution >= 0.6 is 11.6 Å². The van der Waals surface area contributed by atoms with Gasteiger partial charge in [-0.2, -0.15) is 0 Å². The number of carbonyl (C=O) groups is 1. The van der Waals surface area contributed by atoms with Gasteiger partial charge in [0.2, 0.25) is 0 Å². The van der Waals surface area contributed by atoms with Crippen LogP contribution in [-0.4, -0.2) is 28.7 Å². The number of amides is 1. The molecule has 0 atom stereocenters. The first-order chi connectivity index (χ1) is 9.39. The molecule has 0 saturated carbocycles. The zero-order chi connectivity index (χ0) is 15.2. The number of nitrogens with one attached hydrogen (secondary N) is 1. The molecule has 5 heteroatoms. The van der Waals surface area contributed by atoms with Crippen LogP contribution in [0.5, 0.6) is 0 Å². The van der Waals surface area contributed by atoms with Gasteiger partial charge in [-0.15, -0.1) is 0 Å². The van der Waals surface area contributed by atoms with Gasteiger partial charge in [0.15, 0.2) is 0 Å². The Kier molecular flexibility index (Phi) is 6.56. The maximum Gasteiger partial charge on any atom is 0.267 e. The second kappa shape index (κ2) is 7.70. The van der Waals surface area contributed by atoms with E-state index in [4.69, 9.17) is 16.7 Å². The van der Waals surface area contributed by atoms with Gasteiger partial charge in [0.25, 0.3) is 5.91 Å². The van der Waals surface area contributed by atoms with Crippen molar-refractivity contribution < 1.29 is 9.90 Å². The minimum absolute atomic E-state index is 0.0234. The van der Waals surface area contributed by atoms with Gasteiger partial charge < -0.3 is 15.0 Å². The molecular formula is C15H25ClN2O2. The lowest BCUT2D eigenvalue weighted by molar-refractivity contribution is 0.0923. The summed E-state index contributed by atoms with van der Waals surface area (Å²) in [6.07, 6.45) is 4.37. The zero-order valence-electron chi connectivity index (χ0n) is 12.6. The highest BCUT2D eigenvalue weighted by Crippen LogP contribution is 2.21. The van der Waals surface area contributed by atoms with Crippen molar-refractivity contribution in [1.29, 1.82) is 0 Å². The molecule has 20 heavy (non-hydrogen) atoms. The summed E-state index contributed by atoms with van der Waals surface area (Å²) >= 11 is 5.98. The standard InChI is InChI=1S/C15H25ClN2O2/c1-4-7-18-10-12(16)9-13(18)14(20)17-11-15(2,3)6-5-8-19/h9-10,19H,4-8,11H2,1-3H3,(H,17,20). The first-order valence-electron chi connectivity index (χ1n) is 7.14. The van der Waals surface area contributed by atoms with E-state index in [9.17, 15) is 4.79 Å². The summed E-state index contributed by atoms with van der Waals surface area (Å²) in [6.45, 7) is 7.78. The molecule has 0 bridgehead atoms. The number of nitrogens with zero attached hydrogens (tertiary/aromatic N) is 1. The van der Waals surface area contributed by atoms with Crippen LogP contribution < -0.4 is 5.32 Å². The largest absolute Gasteiger partial charge is 0.396 e. The third-order valence-electron chi connectivity index (χ3n) is 3.30. The SMILES string of the molecule is CCCn1cc(Cl)cc1C(=O)NCC(C)(C)CCCO. The van der Waals surface area contributed by atoms with Crippen LogP contribution in [-0.2, 0) is 6.54 Å². The molecule has 1 rings (SSSR count). The molecule has 1 aromatic heterocycles. The van der Waals surface area contributed by atoms with Crippen LogP contribution in [0, 0.1) is 5.41 Å². The van der Waals surface area contributed by atoms with E-state index in [1.165, 1.54) is 0 Å². The van der Waals surface area contributed by atoms with Gasteiger partial charge in [0.05, 0.1) is 5.02 Å². The molecule has 0 spiro atoms. The number of hydrogen-bond acceptors (Lipinski definition) is 2. The van der Waals surface area contributed by atoms with Crippen LogP contribution in [0.1, 0.15) is 50.5 Å². The minimum atomic E-state index is -0.0950. The molecule has 0 radical (unpaired) electrons. The van der Waals surface area contributed by atoms with Crippen molar-refractivity contribution in [3.8, 4) is 0 Å². The molecule has 4 nitrogen and oxygen atoms in total. The Morgan fingerprint density at radius 2 is 2.20 bits per heavy atom. The molecule has 0 unspecified atom stereocenters. The number of halogens is 1. The van der Waals surface area contributed by atoms with E-state index in [1.54, 1.807) is 12.3 Å². The molecule has 0 aliphatic carbocycles. The lowest BCUT2D eigenvalue weighted by Crippen LogP contribution is -2.35. The van der Waals surface area contributed by atoms with Crippen molar-refractivity contribution >= 4 is 17.5 Å². The third kappa shape index (κ3) is 5.17. The summed E-state index contributed by atoms with van der Waals surface area (Å²) in [5.41, 5.74) is 0.583. The van der Waals surface area contributed by atoms with E-state index in [2.05, 4.69) is 26.1 Å². The lowest BCUT2D eigenvalue weighted by Gasteiger charge is -2.24. The average Bonchev–Trinajstić information content (AvgIpc) is 2.75. The molecule has 0 fully saturated rings. The molecule has 0 aliphatic heterocycles. The average molecular weight is 301 g/mol. The Hall–Kier alpha value is -1.00. The number of aliphatic hydroxyl groups excluding tert-OH is 1. The van der Waals surface area contributed by atoms with E-state index in [-0.39, 0.29) is 17.9 Å². The van der Waals surface area contributed by atoms with E-state index < -0.39 is 0 Å². The summed E-state index contributed by atoms with van der Waals surface area (Å²) < 4.78 is 1.89. The van der Waals surface area contributed by atoms with E-state index in [1.807, 2.05) is 4.57 Å². The van der Waals surface area contributed by atoms with Crippen LogP contribution in [0.3, 0.4) is 0 Å². The Morgan fingerprint density at radius 3 is 2.80 bits per heavy atom. The quantitative estimate of drug-likeness (QED) is 0.775. The number of aryl methyl sites for hydroxylation is 1. The molecule has 2 N–H and O–H groups in total. The van der Waals surface area contributed by atoms with E-state index in [0.717, 1.165) is 25.8 Å². The fourth-order valence-electron chi connectivity index (χ4n) is 2.15. The molecule has 0 aliphatic rings. The van der Waals surface area contributed by atoms with Gasteiger partial charge in [0, 0.05) is 25.9 Å². The number of aliphatic hydroxyl groups is 1. The van der Waals surface area contributed by atoms with Gasteiger partial charge in [-0.05, 0) is 30.7 Å². The lowest BCUT2D eigenvalue weighted by atomic mass is 9.88. The van der Waals surface area contributed by atoms with Crippen LogP contribution in [0.4, 0.5) is 0 Å². The van der Waals surface area contributed by atoms with Crippen molar-refractivity contribution in [3.63, 3.8) is 0 Å². The summed E-state index contributed by atoms with van der Waals surface area (Å²) in [4.78, 5) is 12.2. The number of carbonyl (C=O) groups excluding carboxylic acids is 1. The van der Waals surface area contributed by atoms with Gasteiger partial charge in [-0.1, -0.05) is 32.4 Å². The van der Waals surface area contributed by atoms with Crippen LogP contribution in [0.15, 0.2) is 12.3 Å². The maximum absolute atomic E-state index is 12.2. The summed E-state index contributed by atoms with van der Waals surface area (Å²) in [6, 6.07) is 1.70. The molecular weight excluding hydrogens is 276 g/mol. The normalized spacial score (nSPS) is 11.7. The Balaban J connectivity index is 2.62. The van der Waals surface area contributed by atoms with Gasteiger partial charge in [-0.3, -0.25) is 4.79 Å². The van der Waals surface area contributed by atoms with Gasteiger partial charge in [-0.25, -0.2) is 0 Å². The van der Waals surface area contributed by atoms with Gasteiger partial charge in [0.1, 0.15) is 5.69 Å². The topological polar surface area (TPSA) is 54.3 Å². The third-order valence-corrected chi connectivity index (χ3v) is 3.51. The zero-order valence-corrected chi connectivity index (χ0v) is 13.3. The molecule has 1 heterocycles. The fourth-order valence-corrected chi connectivity index (χ4v) is 2.37. The second-order valence-electron chi connectivity index (χ2n) is 5.91. The highest BCUT2D eigenvalue weighted by molar-refractivity contribution is 6.31. The van der Waals surface area contributed by atoms with Gasteiger partial charge >= 0.3 is 0 Å². The molecule has 114 valence electrons. The highest BCUT2D eigenvalue weighted by atomic mass is 35.5. The fraction of sp³-hybridized carbons (Fsp3) is 0.667. The van der Waals surface area contributed by atoms with Crippen molar-refractivity contribution in [2.75, 3.05) is 13.2 Å². The first kappa shape index (κ1) is 17.1. The predicted octanol–water partition coefficient (Wildman–Crippen LogP) is 3.08. The summed E-state index contributed by atoms with van der Waals surface area (Å²) in [5, 5.41) is 12.4. The summed E-state index contributed by atoms with van der Waals surface area (Å²) in [5.74, 6) is -0.0950. The van der Waals surface area contributed by atoms with E-state index >= 15 is 0 Å². The summed E-state index contributed by atoms with van der Waals surface area (Å²) in [7, 11) is 0. The van der Waals surface area contributed by atoms with Crippen molar-refractivity contribution in [1.82, 2.24) is 9.88 Å². The molecule has 0 aromatic carbocycles. The van der Waals surface area contributed by atoms with E-state index in [0.29, 0.717) is 17.3 Å². The number of aromatic nitrogens is 1. The number of hydrogen-bond donors (Lipinski definition) is 2. The monoisotopic (exact) mass is 300 g/mol. The Labute approximate surface area is 126 Å². The molecule has 0 saturated heterocycles. The van der Waals surface area contributed by atoms with Crippen LogP contribution in [0.25, 0.3) is 0 Å². The Morgan fingerprint density at radius 1 is 1.50 bits per heavy atom. The predicted molar refractivity (Wildman–Crippen MR) is 82.2 cm³/mol. The smallest absolute Gasteiger partial charge is 0.267 e. The van der Waals surface area contributed by atoms with Crippen molar-refractivity contribution in [2.24, 2.45) is 5.41 Å². The van der Waals surface area contributed by atoms with Crippen molar-refractivity contribution in [2.45, 2.75) is 46.6 Å². The Bertz CT molecular complexity index is 441. The first-order valence-corrected chi connectivity index (χ1v) is 7.52. The second-order valence-corrected chi connectivity index (χ2v) is 6.35. The maximum atomic E-state index is 12.2. The van der Waals surface area contributed by atoms with Crippen LogP contribution in [0.2, 0.25) is 5.02 Å². The minimum Gasteiger partial charge on any atom is -0.396 e.